The van der Waals surface area contributed by atoms with E-state index >= 15 is 0 Å². The van der Waals surface area contributed by atoms with Crippen LogP contribution in [0, 0.1) is 0 Å². The molecule has 0 radical (unpaired) electrons. The molecule has 2 aromatic heterocycles. The van der Waals surface area contributed by atoms with E-state index in [4.69, 9.17) is 4.74 Å². The van der Waals surface area contributed by atoms with Crippen LogP contribution in [0.15, 0.2) is 30.7 Å². The van der Waals surface area contributed by atoms with Gasteiger partial charge in [0.1, 0.15) is 18.0 Å². The molecule has 0 unspecified atom stereocenters. The van der Waals surface area contributed by atoms with Crippen molar-refractivity contribution in [3.05, 3.63) is 30.7 Å². The Bertz CT molecular complexity index is 597. The Labute approximate surface area is 124 Å². The highest BCUT2D eigenvalue weighted by Gasteiger charge is 2.23. The van der Waals surface area contributed by atoms with Crippen molar-refractivity contribution in [3.8, 4) is 11.3 Å². The molecule has 0 bridgehead atoms. The molecule has 1 aliphatic rings. The van der Waals surface area contributed by atoms with E-state index < -0.39 is 0 Å². The standard InChI is InChI=1S/C15H19N5O/c1-3-16-14-6-13(18-10-19-14)11-4-5-15(17-7-11)20(2)12-8-21-9-12/h4-7,10,12H,3,8-9H2,1-2H3,(H,16,18,19). The summed E-state index contributed by atoms with van der Waals surface area (Å²) in [5.74, 6) is 1.78. The van der Waals surface area contributed by atoms with Crippen LogP contribution in [0.4, 0.5) is 11.6 Å². The lowest BCUT2D eigenvalue weighted by atomic mass is 10.2. The zero-order valence-electron chi connectivity index (χ0n) is 12.3. The number of aromatic nitrogens is 3. The fourth-order valence-corrected chi connectivity index (χ4v) is 2.17. The van der Waals surface area contributed by atoms with Gasteiger partial charge in [0.05, 0.1) is 24.9 Å². The van der Waals surface area contributed by atoms with E-state index in [9.17, 15) is 0 Å². The second-order valence-corrected chi connectivity index (χ2v) is 5.03. The van der Waals surface area contributed by atoms with Gasteiger partial charge in [0.2, 0.25) is 0 Å². The molecule has 1 aliphatic heterocycles. The first-order valence-electron chi connectivity index (χ1n) is 7.11. The second kappa shape index (κ2) is 6.05. The van der Waals surface area contributed by atoms with Crippen LogP contribution in [-0.4, -0.2) is 47.8 Å². The van der Waals surface area contributed by atoms with E-state index in [1.807, 2.05) is 38.4 Å². The minimum Gasteiger partial charge on any atom is -0.377 e. The van der Waals surface area contributed by atoms with Gasteiger partial charge in [0.25, 0.3) is 0 Å². The Morgan fingerprint density at radius 2 is 2.14 bits per heavy atom. The molecule has 0 aliphatic carbocycles. The first kappa shape index (κ1) is 13.8. The minimum absolute atomic E-state index is 0.433. The molecule has 0 amide bonds. The van der Waals surface area contributed by atoms with Gasteiger partial charge in [0, 0.05) is 31.4 Å². The molecule has 1 N–H and O–H groups in total. The summed E-state index contributed by atoms with van der Waals surface area (Å²) in [6, 6.07) is 6.42. The number of ether oxygens (including phenoxy) is 1. The van der Waals surface area contributed by atoms with E-state index in [2.05, 4.69) is 25.2 Å². The van der Waals surface area contributed by atoms with Crippen LogP contribution < -0.4 is 10.2 Å². The van der Waals surface area contributed by atoms with Crippen molar-refractivity contribution in [2.75, 3.05) is 37.0 Å². The number of rotatable bonds is 5. The van der Waals surface area contributed by atoms with Crippen molar-refractivity contribution in [2.24, 2.45) is 0 Å². The van der Waals surface area contributed by atoms with Crippen molar-refractivity contribution in [2.45, 2.75) is 13.0 Å². The zero-order chi connectivity index (χ0) is 14.7. The molecule has 0 aromatic carbocycles. The molecule has 0 atom stereocenters. The van der Waals surface area contributed by atoms with Crippen molar-refractivity contribution in [1.29, 1.82) is 0 Å². The Morgan fingerprint density at radius 3 is 2.76 bits per heavy atom. The van der Waals surface area contributed by atoms with Gasteiger partial charge in [-0.1, -0.05) is 0 Å². The molecule has 1 fully saturated rings. The average Bonchev–Trinajstić information content (AvgIpc) is 2.46. The minimum atomic E-state index is 0.433. The Hall–Kier alpha value is -2.21. The summed E-state index contributed by atoms with van der Waals surface area (Å²) in [4.78, 5) is 15.2. The molecule has 3 rings (SSSR count). The first-order chi connectivity index (χ1) is 10.3. The van der Waals surface area contributed by atoms with Crippen molar-refractivity contribution in [3.63, 3.8) is 0 Å². The zero-order valence-corrected chi connectivity index (χ0v) is 12.3. The van der Waals surface area contributed by atoms with Gasteiger partial charge >= 0.3 is 0 Å². The van der Waals surface area contributed by atoms with Gasteiger partial charge in [-0.15, -0.1) is 0 Å². The number of nitrogens with zero attached hydrogens (tertiary/aromatic N) is 4. The lowest BCUT2D eigenvalue weighted by Gasteiger charge is -2.35. The van der Waals surface area contributed by atoms with Gasteiger partial charge in [-0.2, -0.15) is 0 Å². The van der Waals surface area contributed by atoms with Gasteiger partial charge < -0.3 is 15.0 Å². The van der Waals surface area contributed by atoms with Crippen molar-refractivity contribution >= 4 is 11.6 Å². The maximum absolute atomic E-state index is 5.21. The number of hydrogen-bond donors (Lipinski definition) is 1. The van der Waals surface area contributed by atoms with Gasteiger partial charge in [-0.3, -0.25) is 0 Å². The van der Waals surface area contributed by atoms with Crippen molar-refractivity contribution in [1.82, 2.24) is 15.0 Å². The Balaban J connectivity index is 1.78. The summed E-state index contributed by atoms with van der Waals surface area (Å²) in [7, 11) is 2.04. The maximum atomic E-state index is 5.21. The van der Waals surface area contributed by atoms with Crippen LogP contribution in [0.1, 0.15) is 6.92 Å². The predicted molar refractivity (Wildman–Crippen MR) is 82.4 cm³/mol. The van der Waals surface area contributed by atoms with Crippen LogP contribution >= 0.6 is 0 Å². The highest BCUT2D eigenvalue weighted by molar-refractivity contribution is 5.62. The third kappa shape index (κ3) is 2.95. The van der Waals surface area contributed by atoms with Gasteiger partial charge in [0.15, 0.2) is 0 Å². The second-order valence-electron chi connectivity index (χ2n) is 5.03. The Morgan fingerprint density at radius 1 is 1.29 bits per heavy atom. The van der Waals surface area contributed by atoms with E-state index in [1.165, 1.54) is 0 Å². The highest BCUT2D eigenvalue weighted by Crippen LogP contribution is 2.22. The molecule has 2 aromatic rings. The molecule has 6 heteroatoms. The highest BCUT2D eigenvalue weighted by atomic mass is 16.5. The van der Waals surface area contributed by atoms with Gasteiger partial charge in [-0.05, 0) is 19.1 Å². The summed E-state index contributed by atoms with van der Waals surface area (Å²) in [6.45, 7) is 4.43. The third-order valence-electron chi connectivity index (χ3n) is 3.60. The normalized spacial score (nSPS) is 14.6. The monoisotopic (exact) mass is 285 g/mol. The summed E-state index contributed by atoms with van der Waals surface area (Å²) in [5.41, 5.74) is 1.85. The number of nitrogens with one attached hydrogen (secondary N) is 1. The van der Waals surface area contributed by atoms with Crippen LogP contribution in [0.2, 0.25) is 0 Å². The van der Waals surface area contributed by atoms with Crippen molar-refractivity contribution < 1.29 is 4.74 Å². The third-order valence-corrected chi connectivity index (χ3v) is 3.60. The lowest BCUT2D eigenvalue weighted by molar-refractivity contribution is 0.00988. The van der Waals surface area contributed by atoms with E-state index in [0.717, 1.165) is 42.7 Å². The van der Waals surface area contributed by atoms with E-state index in [-0.39, 0.29) is 0 Å². The molecule has 6 nitrogen and oxygen atoms in total. The quantitative estimate of drug-likeness (QED) is 0.904. The van der Waals surface area contributed by atoms with Crippen LogP contribution in [0.25, 0.3) is 11.3 Å². The topological polar surface area (TPSA) is 63.2 Å². The largest absolute Gasteiger partial charge is 0.377 e. The summed E-state index contributed by atoms with van der Waals surface area (Å²) in [5, 5.41) is 3.18. The predicted octanol–water partition coefficient (Wildman–Crippen LogP) is 1.81. The number of pyridine rings is 1. The lowest BCUT2D eigenvalue weighted by Crippen LogP contribution is -2.47. The summed E-state index contributed by atoms with van der Waals surface area (Å²) in [6.07, 6.45) is 3.42. The molecule has 21 heavy (non-hydrogen) atoms. The number of anilines is 2. The fourth-order valence-electron chi connectivity index (χ4n) is 2.17. The molecular weight excluding hydrogens is 266 g/mol. The molecule has 0 saturated carbocycles. The summed E-state index contributed by atoms with van der Waals surface area (Å²) < 4.78 is 5.21. The molecule has 0 spiro atoms. The number of likely N-dealkylation sites (N-methyl/N-ethyl adjacent to an activating group) is 1. The van der Waals surface area contributed by atoms with Crippen LogP contribution in [0.5, 0.6) is 0 Å². The molecule has 3 heterocycles. The summed E-state index contributed by atoms with van der Waals surface area (Å²) >= 11 is 0. The average molecular weight is 285 g/mol. The smallest absolute Gasteiger partial charge is 0.129 e. The maximum Gasteiger partial charge on any atom is 0.129 e. The van der Waals surface area contributed by atoms with E-state index in [1.54, 1.807) is 6.33 Å². The first-order valence-corrected chi connectivity index (χ1v) is 7.11. The molecule has 1 saturated heterocycles. The fraction of sp³-hybridized carbons (Fsp3) is 0.400. The SMILES string of the molecule is CCNc1cc(-c2ccc(N(C)C3COC3)nc2)ncn1. The van der Waals surface area contributed by atoms with Gasteiger partial charge in [-0.25, -0.2) is 15.0 Å². The molecular formula is C15H19N5O. The molecule has 110 valence electrons. The number of hydrogen-bond acceptors (Lipinski definition) is 6. The van der Waals surface area contributed by atoms with Crippen LogP contribution in [-0.2, 0) is 4.74 Å². The van der Waals surface area contributed by atoms with Crippen LogP contribution in [0.3, 0.4) is 0 Å². The van der Waals surface area contributed by atoms with E-state index in [0.29, 0.717) is 6.04 Å². The Kier molecular flexibility index (Phi) is 3.96.